The van der Waals surface area contributed by atoms with Gasteiger partial charge in [0.2, 0.25) is 0 Å². The topological polar surface area (TPSA) is 157 Å². The monoisotopic (exact) mass is 369 g/mol. The fourth-order valence-electron chi connectivity index (χ4n) is 2.18. The van der Waals surface area contributed by atoms with Crippen molar-refractivity contribution in [2.75, 3.05) is 6.54 Å². The van der Waals surface area contributed by atoms with Gasteiger partial charge in [0.25, 0.3) is 5.56 Å². The Morgan fingerprint density at radius 2 is 2.12 bits per heavy atom. The van der Waals surface area contributed by atoms with E-state index < -0.39 is 42.1 Å². The number of hydrogen-bond donors (Lipinski definition) is 4. The summed E-state index contributed by atoms with van der Waals surface area (Å²) in [6.07, 6.45) is 5.61. The highest BCUT2D eigenvalue weighted by Crippen LogP contribution is 2.32. The molecular weight excluding hydrogens is 346 g/mol. The van der Waals surface area contributed by atoms with Gasteiger partial charge in [-0.2, -0.15) is 0 Å². The fourth-order valence-corrected chi connectivity index (χ4v) is 2.18. The molecule has 1 fully saturated rings. The molecule has 26 heavy (non-hydrogen) atoms. The van der Waals surface area contributed by atoms with Gasteiger partial charge in [-0.15, -0.1) is 6.42 Å². The number of ether oxygens (including phenoxy) is 2. The van der Waals surface area contributed by atoms with Crippen LogP contribution in [-0.4, -0.2) is 44.4 Å². The van der Waals surface area contributed by atoms with E-state index in [-0.39, 0.29) is 18.4 Å². The number of H-pyrrole nitrogens is 1. The first-order valence-electron chi connectivity index (χ1n) is 8.04. The van der Waals surface area contributed by atoms with Crippen molar-refractivity contribution in [3.05, 3.63) is 32.6 Å². The minimum absolute atomic E-state index is 0.0759. The average molecular weight is 369 g/mol. The molecule has 2 unspecified atom stereocenters. The molecule has 0 saturated carbocycles. The molecule has 2 rings (SSSR count). The molecule has 1 aromatic rings. The second-order valence-electron chi connectivity index (χ2n) is 5.55. The van der Waals surface area contributed by atoms with Crippen LogP contribution in [0.1, 0.15) is 44.9 Å². The number of carbonyl (C=O) groups excluding carboxylic acids is 1. The zero-order chi connectivity index (χ0) is 19.9. The standard InChI is InChI=1S/C13H15N3O7.C3H8/c1-2-7-6-16(12(19)15-11(7)18)9-4-3-8(22-9)13(20,21)23-10(17)5-14;1-3-2/h1,6,8-9,20-21H,3-5,14H2,(H,15,18,19);3H2,1-2H3. The van der Waals surface area contributed by atoms with Gasteiger partial charge in [-0.1, -0.05) is 26.2 Å². The van der Waals surface area contributed by atoms with Crippen molar-refractivity contribution in [1.82, 2.24) is 9.55 Å². The van der Waals surface area contributed by atoms with E-state index in [1.165, 1.54) is 6.42 Å². The molecule has 1 saturated heterocycles. The van der Waals surface area contributed by atoms with Crippen molar-refractivity contribution in [1.29, 1.82) is 0 Å². The van der Waals surface area contributed by atoms with Gasteiger partial charge in [-0.25, -0.2) is 4.79 Å². The summed E-state index contributed by atoms with van der Waals surface area (Å²) >= 11 is 0. The third-order valence-corrected chi connectivity index (χ3v) is 3.28. The molecule has 0 aromatic carbocycles. The number of nitrogens with two attached hydrogens (primary N) is 1. The number of terminal acetylenes is 1. The van der Waals surface area contributed by atoms with E-state index in [1.54, 1.807) is 0 Å². The first-order chi connectivity index (χ1) is 12.2. The molecule has 0 amide bonds. The van der Waals surface area contributed by atoms with E-state index in [0.29, 0.717) is 0 Å². The van der Waals surface area contributed by atoms with Crippen LogP contribution in [0, 0.1) is 12.3 Å². The van der Waals surface area contributed by atoms with Gasteiger partial charge in [0.15, 0.2) is 6.10 Å². The number of aliphatic hydroxyl groups is 2. The Labute approximate surface area is 149 Å². The van der Waals surface area contributed by atoms with Gasteiger partial charge in [0, 0.05) is 6.20 Å². The van der Waals surface area contributed by atoms with Gasteiger partial charge in [0.05, 0.1) is 6.54 Å². The molecular formula is C16H23N3O7. The van der Waals surface area contributed by atoms with Crippen molar-refractivity contribution in [2.24, 2.45) is 5.73 Å². The van der Waals surface area contributed by atoms with Gasteiger partial charge in [-0.05, 0) is 12.8 Å². The third kappa shape index (κ3) is 5.27. The van der Waals surface area contributed by atoms with E-state index in [1.807, 2.05) is 4.98 Å². The number of nitrogens with one attached hydrogen (secondary N) is 1. The van der Waals surface area contributed by atoms with Crippen molar-refractivity contribution < 1.29 is 24.5 Å². The maximum absolute atomic E-state index is 11.8. The maximum Gasteiger partial charge on any atom is 0.352 e. The van der Waals surface area contributed by atoms with Gasteiger partial charge >= 0.3 is 17.6 Å². The zero-order valence-corrected chi connectivity index (χ0v) is 14.6. The van der Waals surface area contributed by atoms with Crippen molar-refractivity contribution >= 4 is 5.97 Å². The molecule has 2 heterocycles. The highest BCUT2D eigenvalue weighted by molar-refractivity contribution is 5.71. The molecule has 1 aromatic heterocycles. The van der Waals surface area contributed by atoms with Crippen LogP contribution in [0.5, 0.6) is 0 Å². The van der Waals surface area contributed by atoms with Crippen LogP contribution < -0.4 is 17.0 Å². The van der Waals surface area contributed by atoms with Crippen molar-refractivity contribution in [3.63, 3.8) is 0 Å². The van der Waals surface area contributed by atoms with E-state index in [2.05, 4.69) is 24.5 Å². The van der Waals surface area contributed by atoms with Crippen LogP contribution in [0.15, 0.2) is 15.8 Å². The first-order valence-corrected chi connectivity index (χ1v) is 8.04. The molecule has 144 valence electrons. The quantitative estimate of drug-likeness (QED) is 0.291. The van der Waals surface area contributed by atoms with Crippen LogP contribution in [0.2, 0.25) is 0 Å². The summed E-state index contributed by atoms with van der Waals surface area (Å²) in [4.78, 5) is 36.3. The van der Waals surface area contributed by atoms with Crippen molar-refractivity contribution in [2.45, 2.75) is 51.4 Å². The maximum atomic E-state index is 11.8. The highest BCUT2D eigenvalue weighted by atomic mass is 16.8. The molecule has 10 nitrogen and oxygen atoms in total. The van der Waals surface area contributed by atoms with Crippen LogP contribution in [0.4, 0.5) is 0 Å². The summed E-state index contributed by atoms with van der Waals surface area (Å²) in [5.41, 5.74) is 3.48. The number of nitrogens with zero attached hydrogens (tertiary/aromatic N) is 1. The van der Waals surface area contributed by atoms with Gasteiger partial charge < -0.3 is 25.4 Å². The SMILES string of the molecule is C#Cc1cn(C2CCC(C(O)(O)OC(=O)CN)O2)c(=O)[nH]c1=O.CCC. The Hall–Kier alpha value is -2.45. The summed E-state index contributed by atoms with van der Waals surface area (Å²) in [5, 5.41) is 19.5. The lowest BCUT2D eigenvalue weighted by molar-refractivity contribution is -0.362. The number of esters is 1. The number of aromatic nitrogens is 2. The summed E-state index contributed by atoms with van der Waals surface area (Å²) < 4.78 is 10.8. The molecule has 5 N–H and O–H groups in total. The molecule has 0 bridgehead atoms. The van der Waals surface area contributed by atoms with Crippen molar-refractivity contribution in [3.8, 4) is 12.3 Å². The molecule has 10 heteroatoms. The molecule has 0 radical (unpaired) electrons. The van der Waals surface area contributed by atoms with E-state index in [4.69, 9.17) is 16.9 Å². The Morgan fingerprint density at radius 3 is 2.65 bits per heavy atom. The normalized spacial score (nSPS) is 19.2. The Bertz CT molecular complexity index is 775. The predicted octanol–water partition coefficient (Wildman–Crippen LogP) is -1.25. The van der Waals surface area contributed by atoms with Gasteiger partial charge in [0.1, 0.15) is 11.8 Å². The summed E-state index contributed by atoms with van der Waals surface area (Å²) in [6.45, 7) is 3.71. The first kappa shape index (κ1) is 21.6. The van der Waals surface area contributed by atoms with E-state index >= 15 is 0 Å². The van der Waals surface area contributed by atoms with Gasteiger partial charge in [-0.3, -0.25) is 19.1 Å². The largest absolute Gasteiger partial charge is 0.405 e. The Morgan fingerprint density at radius 1 is 1.50 bits per heavy atom. The average Bonchev–Trinajstić information content (AvgIpc) is 3.06. The minimum Gasteiger partial charge on any atom is -0.405 e. The molecule has 0 spiro atoms. The lowest BCUT2D eigenvalue weighted by atomic mass is 10.2. The van der Waals surface area contributed by atoms with Crippen LogP contribution in [0.3, 0.4) is 0 Å². The Kier molecular flexibility index (Phi) is 7.73. The minimum atomic E-state index is -2.88. The molecule has 1 aliphatic heterocycles. The summed E-state index contributed by atoms with van der Waals surface area (Å²) in [6, 6.07) is 0. The number of carbonyl (C=O) groups is 1. The predicted molar refractivity (Wildman–Crippen MR) is 90.7 cm³/mol. The second kappa shape index (κ2) is 9.30. The molecule has 1 aliphatic rings. The summed E-state index contributed by atoms with van der Waals surface area (Å²) in [5.74, 6) is -1.79. The summed E-state index contributed by atoms with van der Waals surface area (Å²) in [7, 11) is 0. The second-order valence-corrected chi connectivity index (χ2v) is 5.55. The van der Waals surface area contributed by atoms with Crippen LogP contribution in [0.25, 0.3) is 0 Å². The van der Waals surface area contributed by atoms with Crippen LogP contribution >= 0.6 is 0 Å². The molecule has 2 atom stereocenters. The lowest BCUT2D eigenvalue weighted by Crippen LogP contribution is -2.47. The number of hydrogen-bond acceptors (Lipinski definition) is 8. The van der Waals surface area contributed by atoms with E-state index in [0.717, 1.165) is 10.8 Å². The van der Waals surface area contributed by atoms with E-state index in [9.17, 15) is 24.6 Å². The fraction of sp³-hybridized carbons (Fsp3) is 0.562. The lowest BCUT2D eigenvalue weighted by Gasteiger charge is -2.27. The third-order valence-electron chi connectivity index (χ3n) is 3.28. The molecule has 0 aliphatic carbocycles. The van der Waals surface area contributed by atoms with Crippen LogP contribution in [-0.2, 0) is 14.3 Å². The smallest absolute Gasteiger partial charge is 0.352 e. The highest BCUT2D eigenvalue weighted by Gasteiger charge is 2.45. The number of aromatic amines is 1. The zero-order valence-electron chi connectivity index (χ0n) is 14.6. The number of rotatable bonds is 4. The Balaban J connectivity index is 0.00000105.